The molecule has 0 radical (unpaired) electrons. The van der Waals surface area contributed by atoms with Crippen molar-refractivity contribution < 1.29 is 23.9 Å². The number of ether oxygens (including phenoxy) is 2. The van der Waals surface area contributed by atoms with Gasteiger partial charge in [-0.1, -0.05) is 13.8 Å². The van der Waals surface area contributed by atoms with Gasteiger partial charge in [0.2, 0.25) is 5.91 Å². The summed E-state index contributed by atoms with van der Waals surface area (Å²) in [5, 5.41) is 5.30. The third-order valence-electron chi connectivity index (χ3n) is 5.23. The minimum atomic E-state index is -0.735. The molecule has 9 nitrogen and oxygen atoms in total. The second kappa shape index (κ2) is 9.53. The van der Waals surface area contributed by atoms with Crippen LogP contribution in [0.15, 0.2) is 5.38 Å². The van der Waals surface area contributed by atoms with E-state index in [0.717, 1.165) is 24.6 Å². The Hall–Kier alpha value is -2.20. The molecule has 1 aromatic rings. The molecule has 2 saturated heterocycles. The number of methoxy groups -OCH3 is 1. The van der Waals surface area contributed by atoms with E-state index in [1.54, 1.807) is 5.38 Å². The number of morpholine rings is 1. The second-order valence-electron chi connectivity index (χ2n) is 7.52. The molecule has 0 saturated carbocycles. The van der Waals surface area contributed by atoms with E-state index in [0.29, 0.717) is 31.9 Å². The molecule has 3 rings (SSSR count). The lowest BCUT2D eigenvalue weighted by molar-refractivity contribution is -0.151. The van der Waals surface area contributed by atoms with E-state index in [1.165, 1.54) is 23.3 Å². The largest absolute Gasteiger partial charge is 0.467 e. The summed E-state index contributed by atoms with van der Waals surface area (Å²) in [6, 6.07) is -1.32. The molecule has 1 N–H and O–H groups in total. The van der Waals surface area contributed by atoms with E-state index < -0.39 is 18.1 Å². The van der Waals surface area contributed by atoms with E-state index >= 15 is 0 Å². The lowest BCUT2D eigenvalue weighted by Crippen LogP contribution is -2.54. The maximum atomic E-state index is 13.1. The second-order valence-corrected chi connectivity index (χ2v) is 8.36. The zero-order valence-electron chi connectivity index (χ0n) is 17.1. The summed E-state index contributed by atoms with van der Waals surface area (Å²) in [6.45, 7) is 6.98. The van der Waals surface area contributed by atoms with Crippen molar-refractivity contribution in [3.63, 3.8) is 0 Å². The van der Waals surface area contributed by atoms with Gasteiger partial charge in [0.1, 0.15) is 17.8 Å². The van der Waals surface area contributed by atoms with Crippen LogP contribution in [0.5, 0.6) is 0 Å². The fourth-order valence-corrected chi connectivity index (χ4v) is 4.45. The molecule has 2 fully saturated rings. The van der Waals surface area contributed by atoms with Crippen molar-refractivity contribution in [2.75, 3.05) is 44.9 Å². The zero-order chi connectivity index (χ0) is 21.0. The Labute approximate surface area is 174 Å². The number of rotatable bonds is 6. The van der Waals surface area contributed by atoms with Crippen molar-refractivity contribution in [2.45, 2.75) is 38.8 Å². The summed E-state index contributed by atoms with van der Waals surface area (Å²) in [6.07, 6.45) is 1.31. The molecule has 0 bridgehead atoms. The Morgan fingerprint density at radius 3 is 2.66 bits per heavy atom. The fraction of sp³-hybridized carbons (Fsp3) is 0.684. The fourth-order valence-electron chi connectivity index (χ4n) is 3.59. The van der Waals surface area contributed by atoms with Gasteiger partial charge in [-0.15, -0.1) is 11.3 Å². The third kappa shape index (κ3) is 4.87. The molecule has 0 spiro atoms. The van der Waals surface area contributed by atoms with Crippen LogP contribution >= 0.6 is 11.3 Å². The molecule has 29 heavy (non-hydrogen) atoms. The van der Waals surface area contributed by atoms with Crippen molar-refractivity contribution in [1.82, 2.24) is 15.2 Å². The van der Waals surface area contributed by atoms with Crippen LogP contribution in [0.2, 0.25) is 0 Å². The number of nitrogens with zero attached hydrogens (tertiary/aromatic N) is 3. The van der Waals surface area contributed by atoms with Crippen LogP contribution in [0.25, 0.3) is 0 Å². The monoisotopic (exact) mass is 424 g/mol. The van der Waals surface area contributed by atoms with Gasteiger partial charge in [0.15, 0.2) is 5.13 Å². The SMILES string of the molecule is COC(=O)[C@@H]1CCCN1C(=O)C(NC(=O)c1csc(N2CCOCC2)n1)C(C)C. The summed E-state index contributed by atoms with van der Waals surface area (Å²) < 4.78 is 10.2. The standard InChI is InChI=1S/C19H28N4O5S/c1-12(2)15(17(25)23-6-4-5-14(23)18(26)27-3)21-16(24)13-11-29-19(20-13)22-7-9-28-10-8-22/h11-12,14-15H,4-10H2,1-3H3,(H,21,24)/t14-,15?/m0/s1. The lowest BCUT2D eigenvalue weighted by Gasteiger charge is -2.29. The molecule has 0 aromatic carbocycles. The highest BCUT2D eigenvalue weighted by Gasteiger charge is 2.39. The van der Waals surface area contributed by atoms with E-state index in [1.807, 2.05) is 13.8 Å². The molecule has 2 atom stereocenters. The van der Waals surface area contributed by atoms with Crippen molar-refractivity contribution >= 4 is 34.3 Å². The smallest absolute Gasteiger partial charge is 0.328 e. The van der Waals surface area contributed by atoms with Crippen LogP contribution in [0, 0.1) is 5.92 Å². The average molecular weight is 425 g/mol. The zero-order valence-corrected chi connectivity index (χ0v) is 17.9. The van der Waals surface area contributed by atoms with Gasteiger partial charge in [0.25, 0.3) is 5.91 Å². The molecule has 2 amide bonds. The van der Waals surface area contributed by atoms with Gasteiger partial charge in [0.05, 0.1) is 20.3 Å². The number of hydrogen-bond donors (Lipinski definition) is 1. The van der Waals surface area contributed by atoms with E-state index in [-0.39, 0.29) is 17.7 Å². The molecule has 1 aromatic heterocycles. The quantitative estimate of drug-likeness (QED) is 0.677. The molecule has 3 heterocycles. The Morgan fingerprint density at radius 1 is 1.28 bits per heavy atom. The third-order valence-corrected chi connectivity index (χ3v) is 6.14. The highest BCUT2D eigenvalue weighted by Crippen LogP contribution is 2.23. The van der Waals surface area contributed by atoms with Gasteiger partial charge >= 0.3 is 5.97 Å². The number of carbonyl (C=O) groups excluding carboxylic acids is 3. The van der Waals surface area contributed by atoms with Crippen molar-refractivity contribution in [3.8, 4) is 0 Å². The maximum absolute atomic E-state index is 13.1. The molecule has 160 valence electrons. The number of amides is 2. The van der Waals surface area contributed by atoms with Gasteiger partial charge in [-0.3, -0.25) is 9.59 Å². The number of anilines is 1. The number of esters is 1. The Kier molecular flexibility index (Phi) is 7.07. The van der Waals surface area contributed by atoms with Crippen LogP contribution in [-0.4, -0.2) is 79.7 Å². The Bertz CT molecular complexity index is 747. The lowest BCUT2D eigenvalue weighted by atomic mass is 10.0. The number of likely N-dealkylation sites (tertiary alicyclic amines) is 1. The Morgan fingerprint density at radius 2 is 2.00 bits per heavy atom. The van der Waals surface area contributed by atoms with Crippen LogP contribution in [0.4, 0.5) is 5.13 Å². The molecule has 2 aliphatic rings. The molecular weight excluding hydrogens is 396 g/mol. The van der Waals surface area contributed by atoms with E-state index in [2.05, 4.69) is 15.2 Å². The van der Waals surface area contributed by atoms with Gasteiger partial charge in [-0.05, 0) is 18.8 Å². The number of hydrogen-bond acceptors (Lipinski definition) is 8. The first-order chi connectivity index (χ1) is 13.9. The first-order valence-corrected chi connectivity index (χ1v) is 10.8. The highest BCUT2D eigenvalue weighted by molar-refractivity contribution is 7.13. The number of carbonyl (C=O) groups is 3. The van der Waals surface area contributed by atoms with Gasteiger partial charge in [0, 0.05) is 25.0 Å². The molecule has 10 heteroatoms. The summed E-state index contributed by atoms with van der Waals surface area (Å²) in [5.74, 6) is -1.20. The van der Waals surface area contributed by atoms with E-state index in [4.69, 9.17) is 9.47 Å². The van der Waals surface area contributed by atoms with Crippen LogP contribution in [0.1, 0.15) is 37.2 Å². The molecule has 2 aliphatic heterocycles. The normalized spacial score (nSPS) is 20.6. The Balaban J connectivity index is 1.68. The summed E-state index contributed by atoms with van der Waals surface area (Å²) in [7, 11) is 1.32. The minimum absolute atomic E-state index is 0.136. The van der Waals surface area contributed by atoms with E-state index in [9.17, 15) is 14.4 Å². The summed E-state index contributed by atoms with van der Waals surface area (Å²) >= 11 is 1.40. The summed E-state index contributed by atoms with van der Waals surface area (Å²) in [4.78, 5) is 45.9. The molecular formula is C19H28N4O5S. The first kappa shape index (κ1) is 21.5. The van der Waals surface area contributed by atoms with Crippen molar-refractivity contribution in [2.24, 2.45) is 5.92 Å². The predicted octanol–water partition coefficient (Wildman–Crippen LogP) is 0.898. The topological polar surface area (TPSA) is 101 Å². The van der Waals surface area contributed by atoms with Crippen LogP contribution in [0.3, 0.4) is 0 Å². The average Bonchev–Trinajstić information content (AvgIpc) is 3.41. The van der Waals surface area contributed by atoms with Gasteiger partial charge in [-0.25, -0.2) is 9.78 Å². The van der Waals surface area contributed by atoms with Crippen LogP contribution < -0.4 is 10.2 Å². The van der Waals surface area contributed by atoms with Crippen molar-refractivity contribution in [1.29, 1.82) is 0 Å². The predicted molar refractivity (Wildman–Crippen MR) is 108 cm³/mol. The molecule has 0 aliphatic carbocycles. The maximum Gasteiger partial charge on any atom is 0.328 e. The number of thiazole rings is 1. The summed E-state index contributed by atoms with van der Waals surface area (Å²) in [5.41, 5.74) is 0.292. The number of nitrogens with one attached hydrogen (secondary N) is 1. The number of aromatic nitrogens is 1. The van der Waals surface area contributed by atoms with Gasteiger partial charge in [-0.2, -0.15) is 0 Å². The first-order valence-electron chi connectivity index (χ1n) is 9.89. The molecule has 1 unspecified atom stereocenters. The van der Waals surface area contributed by atoms with Crippen molar-refractivity contribution in [3.05, 3.63) is 11.1 Å². The van der Waals surface area contributed by atoms with Gasteiger partial charge < -0.3 is 24.6 Å². The minimum Gasteiger partial charge on any atom is -0.467 e. The highest BCUT2D eigenvalue weighted by atomic mass is 32.1. The van der Waals surface area contributed by atoms with Crippen LogP contribution in [-0.2, 0) is 19.1 Å².